The second-order valence-electron chi connectivity index (χ2n) is 6.32. The number of nitrogens with one attached hydrogen (secondary N) is 2. The monoisotopic (exact) mass is 362 g/mol. The Bertz CT molecular complexity index is 739. The number of rotatable bonds is 10. The molecule has 0 radical (unpaired) electrons. The minimum Gasteiger partial charge on any atom is -0.388 e. The summed E-state index contributed by atoms with van der Waals surface area (Å²) in [7, 11) is 0. The average molecular weight is 362 g/mol. The summed E-state index contributed by atoms with van der Waals surface area (Å²) in [6.07, 6.45) is 4.11. The quantitative estimate of drug-likeness (QED) is 0.379. The zero-order valence-electron chi connectivity index (χ0n) is 15.9. The highest BCUT2D eigenvalue weighted by atomic mass is 16.1. The molecule has 0 saturated heterocycles. The first-order valence-corrected chi connectivity index (χ1v) is 9.09. The zero-order valence-corrected chi connectivity index (χ0v) is 15.9. The molecule has 0 aliphatic rings. The molecule has 0 spiro atoms. The van der Waals surface area contributed by atoms with E-state index in [1.165, 1.54) is 0 Å². The first-order valence-electron chi connectivity index (χ1n) is 9.09. The van der Waals surface area contributed by atoms with Gasteiger partial charge in [0.15, 0.2) is 11.6 Å². The van der Waals surface area contributed by atoms with Crippen LogP contribution in [-0.2, 0) is 0 Å². The van der Waals surface area contributed by atoms with Crippen LogP contribution in [0.3, 0.4) is 0 Å². The molecule has 4 heteroatoms. The van der Waals surface area contributed by atoms with Crippen molar-refractivity contribution in [2.45, 2.75) is 20.3 Å². The third-order valence-corrected chi connectivity index (χ3v) is 3.97. The topological polar surface area (TPSA) is 58.2 Å². The summed E-state index contributed by atoms with van der Waals surface area (Å²) in [5.41, 5.74) is 3.05. The number of carbonyl (C=O) groups is 2. The van der Waals surface area contributed by atoms with Gasteiger partial charge in [0.1, 0.15) is 0 Å². The van der Waals surface area contributed by atoms with Crippen LogP contribution in [0.2, 0.25) is 0 Å². The Morgan fingerprint density at radius 1 is 0.704 bits per heavy atom. The third-order valence-electron chi connectivity index (χ3n) is 3.97. The highest BCUT2D eigenvalue weighted by Crippen LogP contribution is 2.03. The first-order chi connectivity index (χ1) is 13.1. The number of ketones is 2. The Hall–Kier alpha value is -3.14. The van der Waals surface area contributed by atoms with Crippen LogP contribution in [-0.4, -0.2) is 24.7 Å². The van der Waals surface area contributed by atoms with Crippen molar-refractivity contribution >= 4 is 11.6 Å². The average Bonchev–Trinajstić information content (AvgIpc) is 2.69. The van der Waals surface area contributed by atoms with Gasteiger partial charge in [0.2, 0.25) is 0 Å². The maximum absolute atomic E-state index is 12.1. The molecule has 0 saturated carbocycles. The Morgan fingerprint density at radius 2 is 1.07 bits per heavy atom. The first kappa shape index (κ1) is 20.2. The summed E-state index contributed by atoms with van der Waals surface area (Å²) < 4.78 is 0. The predicted octanol–water partition coefficient (Wildman–Crippen LogP) is 4.13. The summed E-state index contributed by atoms with van der Waals surface area (Å²) in [6, 6.07) is 18.4. The molecule has 140 valence electrons. The van der Waals surface area contributed by atoms with Gasteiger partial charge in [-0.3, -0.25) is 9.59 Å². The number of hydrogen-bond acceptors (Lipinski definition) is 4. The van der Waals surface area contributed by atoms with E-state index < -0.39 is 0 Å². The molecule has 0 aromatic heterocycles. The van der Waals surface area contributed by atoms with Crippen LogP contribution in [0.5, 0.6) is 0 Å². The molecule has 2 aromatic rings. The summed E-state index contributed by atoms with van der Waals surface area (Å²) in [4.78, 5) is 24.2. The van der Waals surface area contributed by atoms with Crippen molar-refractivity contribution in [1.82, 2.24) is 10.6 Å². The maximum atomic E-state index is 12.1. The lowest BCUT2D eigenvalue weighted by Crippen LogP contribution is -2.20. The van der Waals surface area contributed by atoms with Gasteiger partial charge in [0.05, 0.1) is 0 Å². The van der Waals surface area contributed by atoms with Gasteiger partial charge in [-0.1, -0.05) is 60.7 Å². The van der Waals surface area contributed by atoms with Crippen LogP contribution in [0, 0.1) is 0 Å². The van der Waals surface area contributed by atoms with E-state index in [4.69, 9.17) is 0 Å². The Labute approximate surface area is 161 Å². The lowest BCUT2D eigenvalue weighted by molar-refractivity contribution is 0.103. The van der Waals surface area contributed by atoms with E-state index in [9.17, 15) is 9.59 Å². The van der Waals surface area contributed by atoms with Crippen LogP contribution in [0.25, 0.3) is 0 Å². The molecule has 4 nitrogen and oxygen atoms in total. The molecular weight excluding hydrogens is 336 g/mol. The molecule has 0 heterocycles. The molecule has 0 aliphatic heterocycles. The standard InChI is InChI=1S/C23H26N2O2/c1-18(16-22(26)20-10-5-3-6-11-20)24-14-9-15-25-19(2)17-23(27)21-12-7-4-8-13-21/h3-8,10-13,16-17,24-25H,9,14-15H2,1-2H3/b18-16+,19-17+. The van der Waals surface area contributed by atoms with Crippen LogP contribution in [0.15, 0.2) is 84.2 Å². The van der Waals surface area contributed by atoms with Crippen LogP contribution >= 0.6 is 0 Å². The van der Waals surface area contributed by atoms with Crippen molar-refractivity contribution in [3.63, 3.8) is 0 Å². The lowest BCUT2D eigenvalue weighted by atomic mass is 10.1. The van der Waals surface area contributed by atoms with E-state index in [-0.39, 0.29) is 11.6 Å². The fraction of sp³-hybridized carbons (Fsp3) is 0.217. The van der Waals surface area contributed by atoms with Crippen LogP contribution < -0.4 is 10.6 Å². The van der Waals surface area contributed by atoms with E-state index in [0.717, 1.165) is 30.9 Å². The van der Waals surface area contributed by atoms with E-state index >= 15 is 0 Å². The highest BCUT2D eigenvalue weighted by Gasteiger charge is 2.03. The number of benzene rings is 2. The Kier molecular flexibility index (Phi) is 8.04. The molecular formula is C23H26N2O2. The van der Waals surface area contributed by atoms with Crippen molar-refractivity contribution in [2.75, 3.05) is 13.1 Å². The van der Waals surface area contributed by atoms with Crippen LogP contribution in [0.1, 0.15) is 41.0 Å². The molecule has 2 aromatic carbocycles. The zero-order chi connectivity index (χ0) is 19.5. The van der Waals surface area contributed by atoms with Gasteiger partial charge in [-0.2, -0.15) is 0 Å². The highest BCUT2D eigenvalue weighted by molar-refractivity contribution is 6.05. The second-order valence-corrected chi connectivity index (χ2v) is 6.32. The molecule has 0 bridgehead atoms. The van der Waals surface area contributed by atoms with E-state index in [1.807, 2.05) is 74.5 Å². The van der Waals surface area contributed by atoms with Crippen molar-refractivity contribution in [3.8, 4) is 0 Å². The SMILES string of the molecule is C/C(=C\C(=O)c1ccccc1)NCCCN/C(C)=C/C(=O)c1ccccc1. The van der Waals surface area contributed by atoms with Gasteiger partial charge in [-0.15, -0.1) is 0 Å². The molecule has 0 amide bonds. The van der Waals surface area contributed by atoms with Gasteiger partial charge in [0, 0.05) is 47.8 Å². The molecule has 0 unspecified atom stereocenters. The summed E-state index contributed by atoms with van der Waals surface area (Å²) in [6.45, 7) is 5.27. The summed E-state index contributed by atoms with van der Waals surface area (Å²) in [5, 5.41) is 6.48. The van der Waals surface area contributed by atoms with Gasteiger partial charge in [-0.25, -0.2) is 0 Å². The third kappa shape index (κ3) is 7.32. The second kappa shape index (κ2) is 10.8. The molecule has 0 aliphatic carbocycles. The number of hydrogen-bond donors (Lipinski definition) is 2. The lowest BCUT2D eigenvalue weighted by Gasteiger charge is -2.09. The number of carbonyl (C=O) groups excluding carboxylic acids is 2. The molecule has 2 N–H and O–H groups in total. The van der Waals surface area contributed by atoms with E-state index in [1.54, 1.807) is 12.2 Å². The molecule has 2 rings (SSSR count). The van der Waals surface area contributed by atoms with Gasteiger partial charge in [0.25, 0.3) is 0 Å². The van der Waals surface area contributed by atoms with E-state index in [0.29, 0.717) is 11.1 Å². The molecule has 0 fully saturated rings. The van der Waals surface area contributed by atoms with Crippen molar-refractivity contribution in [2.24, 2.45) is 0 Å². The maximum Gasteiger partial charge on any atom is 0.187 e. The van der Waals surface area contributed by atoms with Crippen molar-refractivity contribution < 1.29 is 9.59 Å². The van der Waals surface area contributed by atoms with Gasteiger partial charge < -0.3 is 10.6 Å². The van der Waals surface area contributed by atoms with Gasteiger partial charge >= 0.3 is 0 Å². The summed E-state index contributed by atoms with van der Waals surface area (Å²) >= 11 is 0. The van der Waals surface area contributed by atoms with Crippen molar-refractivity contribution in [3.05, 3.63) is 95.3 Å². The Morgan fingerprint density at radius 3 is 1.44 bits per heavy atom. The fourth-order valence-corrected chi connectivity index (χ4v) is 2.53. The smallest absolute Gasteiger partial charge is 0.187 e. The van der Waals surface area contributed by atoms with Crippen molar-refractivity contribution in [1.29, 1.82) is 0 Å². The molecule has 0 atom stereocenters. The minimum atomic E-state index is -0.00285. The summed E-state index contributed by atoms with van der Waals surface area (Å²) in [5.74, 6) is -0.00569. The molecule has 27 heavy (non-hydrogen) atoms. The van der Waals surface area contributed by atoms with Crippen LogP contribution in [0.4, 0.5) is 0 Å². The Balaban J connectivity index is 1.69. The number of allylic oxidation sites excluding steroid dienone is 4. The van der Waals surface area contributed by atoms with Gasteiger partial charge in [-0.05, 0) is 20.3 Å². The fourth-order valence-electron chi connectivity index (χ4n) is 2.53. The largest absolute Gasteiger partial charge is 0.388 e. The minimum absolute atomic E-state index is 0.00285. The predicted molar refractivity (Wildman–Crippen MR) is 110 cm³/mol. The normalized spacial score (nSPS) is 11.8. The van der Waals surface area contributed by atoms with E-state index in [2.05, 4.69) is 10.6 Å².